The Morgan fingerprint density at radius 1 is 1.37 bits per heavy atom. The summed E-state index contributed by atoms with van der Waals surface area (Å²) < 4.78 is 0. The third-order valence-electron chi connectivity index (χ3n) is 3.58. The summed E-state index contributed by atoms with van der Waals surface area (Å²) in [6, 6.07) is 5.02. The first-order valence-electron chi connectivity index (χ1n) is 6.43. The van der Waals surface area contributed by atoms with Crippen molar-refractivity contribution in [3.63, 3.8) is 0 Å². The highest BCUT2D eigenvalue weighted by Gasteiger charge is 2.29. The van der Waals surface area contributed by atoms with E-state index in [9.17, 15) is 10.1 Å². The fraction of sp³-hybridized carbons (Fsp3) is 0.538. The molecule has 1 fully saturated rings. The normalized spacial score (nSPS) is 15.1. The van der Waals surface area contributed by atoms with E-state index >= 15 is 0 Å². The lowest BCUT2D eigenvalue weighted by atomic mass is 9.90. The molecule has 1 aromatic rings. The zero-order valence-corrected chi connectivity index (χ0v) is 10.7. The molecule has 1 aromatic carbocycles. The van der Waals surface area contributed by atoms with Gasteiger partial charge in [-0.05, 0) is 30.9 Å². The fourth-order valence-corrected chi connectivity index (χ4v) is 2.36. The molecule has 6 nitrogen and oxygen atoms in total. The van der Waals surface area contributed by atoms with Crippen molar-refractivity contribution in [1.82, 2.24) is 0 Å². The molecule has 0 saturated heterocycles. The van der Waals surface area contributed by atoms with Crippen LogP contribution < -0.4 is 4.90 Å². The van der Waals surface area contributed by atoms with Crippen LogP contribution in [0.5, 0.6) is 0 Å². The summed E-state index contributed by atoms with van der Waals surface area (Å²) in [6.07, 6.45) is 3.12. The molecule has 2 N–H and O–H groups in total. The van der Waals surface area contributed by atoms with Gasteiger partial charge in [0, 0.05) is 18.7 Å². The molecule has 19 heavy (non-hydrogen) atoms. The smallest absolute Gasteiger partial charge is 0.292 e. The van der Waals surface area contributed by atoms with E-state index in [0.717, 1.165) is 19.3 Å². The lowest BCUT2D eigenvalue weighted by molar-refractivity contribution is -0.384. The Balaban J connectivity index is 2.36. The van der Waals surface area contributed by atoms with Gasteiger partial charge in [-0.25, -0.2) is 0 Å². The summed E-state index contributed by atoms with van der Waals surface area (Å²) in [5.74, 6) is 0. The highest BCUT2D eigenvalue weighted by Crippen LogP contribution is 2.35. The molecule has 1 aliphatic rings. The molecule has 0 aromatic heterocycles. The fourth-order valence-electron chi connectivity index (χ4n) is 2.36. The standard InChI is InChI=1S/C13H18N2O4/c16-7-6-14(11-2-1-3-11)12-5-4-10(9-17)8-13(12)15(18)19/h4-5,8,11,16-17H,1-3,6-7,9H2. The van der Waals surface area contributed by atoms with E-state index in [2.05, 4.69) is 0 Å². The van der Waals surface area contributed by atoms with Crippen molar-refractivity contribution in [2.24, 2.45) is 0 Å². The molecule has 2 rings (SSSR count). The van der Waals surface area contributed by atoms with Gasteiger partial charge in [-0.1, -0.05) is 6.07 Å². The maximum atomic E-state index is 11.2. The number of nitro groups is 1. The largest absolute Gasteiger partial charge is 0.395 e. The first-order valence-corrected chi connectivity index (χ1v) is 6.43. The minimum absolute atomic E-state index is 0.00750. The van der Waals surface area contributed by atoms with Crippen LogP contribution in [0.4, 0.5) is 11.4 Å². The molecule has 0 amide bonds. The van der Waals surface area contributed by atoms with Gasteiger partial charge in [0.15, 0.2) is 0 Å². The summed E-state index contributed by atoms with van der Waals surface area (Å²) in [6.45, 7) is 0.143. The number of aliphatic hydroxyl groups is 2. The highest BCUT2D eigenvalue weighted by atomic mass is 16.6. The molecule has 0 heterocycles. The van der Waals surface area contributed by atoms with Crippen LogP contribution in [0.3, 0.4) is 0 Å². The zero-order chi connectivity index (χ0) is 13.8. The van der Waals surface area contributed by atoms with Crippen molar-refractivity contribution in [2.45, 2.75) is 31.9 Å². The molecular formula is C13H18N2O4. The Labute approximate surface area is 111 Å². The highest BCUT2D eigenvalue weighted by molar-refractivity contribution is 5.65. The number of aliphatic hydroxyl groups excluding tert-OH is 2. The first-order chi connectivity index (χ1) is 9.17. The average Bonchev–Trinajstić information content (AvgIpc) is 2.35. The van der Waals surface area contributed by atoms with E-state index in [-0.39, 0.29) is 24.9 Å². The van der Waals surface area contributed by atoms with Crippen LogP contribution in [0, 0.1) is 10.1 Å². The summed E-state index contributed by atoms with van der Waals surface area (Å²) in [7, 11) is 0. The molecule has 0 bridgehead atoms. The van der Waals surface area contributed by atoms with E-state index in [4.69, 9.17) is 10.2 Å². The SMILES string of the molecule is O=[N+]([O-])c1cc(CO)ccc1N(CCO)C1CCC1. The van der Waals surface area contributed by atoms with Crippen LogP contribution in [0.2, 0.25) is 0 Å². The Morgan fingerprint density at radius 2 is 2.11 bits per heavy atom. The second kappa shape index (κ2) is 5.99. The number of anilines is 1. The topological polar surface area (TPSA) is 86.8 Å². The summed E-state index contributed by atoms with van der Waals surface area (Å²) in [5.41, 5.74) is 1.04. The molecule has 0 atom stereocenters. The number of hydrogen-bond acceptors (Lipinski definition) is 5. The Kier molecular flexibility index (Phi) is 4.34. The number of rotatable bonds is 6. The number of benzene rings is 1. The van der Waals surface area contributed by atoms with E-state index in [1.165, 1.54) is 6.07 Å². The monoisotopic (exact) mass is 266 g/mol. The van der Waals surface area contributed by atoms with Crippen molar-refractivity contribution >= 4 is 11.4 Å². The minimum atomic E-state index is -0.433. The molecule has 0 spiro atoms. The van der Waals surface area contributed by atoms with Crippen molar-refractivity contribution in [3.05, 3.63) is 33.9 Å². The third-order valence-corrected chi connectivity index (χ3v) is 3.58. The summed E-state index contributed by atoms with van der Waals surface area (Å²) in [5, 5.41) is 29.4. The molecule has 1 aliphatic carbocycles. The number of nitrogens with zero attached hydrogens (tertiary/aromatic N) is 2. The zero-order valence-electron chi connectivity index (χ0n) is 10.7. The Morgan fingerprint density at radius 3 is 2.58 bits per heavy atom. The van der Waals surface area contributed by atoms with Crippen molar-refractivity contribution in [1.29, 1.82) is 0 Å². The number of nitro benzene ring substituents is 1. The summed E-state index contributed by atoms with van der Waals surface area (Å²) in [4.78, 5) is 12.6. The van der Waals surface area contributed by atoms with Gasteiger partial charge >= 0.3 is 0 Å². The third kappa shape index (κ3) is 2.85. The maximum absolute atomic E-state index is 11.2. The van der Waals surface area contributed by atoms with Gasteiger partial charge in [-0.3, -0.25) is 10.1 Å². The van der Waals surface area contributed by atoms with Gasteiger partial charge in [0.1, 0.15) is 5.69 Å². The molecular weight excluding hydrogens is 248 g/mol. The first kappa shape index (κ1) is 13.8. The summed E-state index contributed by atoms with van der Waals surface area (Å²) >= 11 is 0. The van der Waals surface area contributed by atoms with Gasteiger partial charge in [0.2, 0.25) is 0 Å². The van der Waals surface area contributed by atoms with Gasteiger partial charge in [-0.2, -0.15) is 0 Å². The van der Waals surface area contributed by atoms with Crippen molar-refractivity contribution in [3.8, 4) is 0 Å². The van der Waals surface area contributed by atoms with Crippen LogP contribution in [-0.2, 0) is 6.61 Å². The minimum Gasteiger partial charge on any atom is -0.395 e. The van der Waals surface area contributed by atoms with E-state index in [0.29, 0.717) is 17.8 Å². The Hall–Kier alpha value is -1.66. The van der Waals surface area contributed by atoms with Crippen LogP contribution in [0.15, 0.2) is 18.2 Å². The predicted octanol–water partition coefficient (Wildman–Crippen LogP) is 1.44. The van der Waals surface area contributed by atoms with Crippen molar-refractivity contribution < 1.29 is 15.1 Å². The van der Waals surface area contributed by atoms with Crippen LogP contribution in [-0.4, -0.2) is 34.3 Å². The number of hydrogen-bond donors (Lipinski definition) is 2. The quantitative estimate of drug-likeness (QED) is 0.601. The predicted molar refractivity (Wildman–Crippen MR) is 71.1 cm³/mol. The molecule has 6 heteroatoms. The molecule has 104 valence electrons. The van der Waals surface area contributed by atoms with Gasteiger partial charge in [0.25, 0.3) is 5.69 Å². The van der Waals surface area contributed by atoms with Crippen molar-refractivity contribution in [2.75, 3.05) is 18.1 Å². The Bertz CT molecular complexity index is 460. The van der Waals surface area contributed by atoms with Crippen LogP contribution in [0.25, 0.3) is 0 Å². The van der Waals surface area contributed by atoms with Gasteiger partial charge < -0.3 is 15.1 Å². The van der Waals surface area contributed by atoms with Gasteiger partial charge in [-0.15, -0.1) is 0 Å². The molecule has 1 saturated carbocycles. The van der Waals surface area contributed by atoms with Crippen LogP contribution >= 0.6 is 0 Å². The lowest BCUT2D eigenvalue weighted by Crippen LogP contribution is -2.42. The van der Waals surface area contributed by atoms with E-state index < -0.39 is 4.92 Å². The second-order valence-corrected chi connectivity index (χ2v) is 4.74. The molecule has 0 unspecified atom stereocenters. The molecule has 0 radical (unpaired) electrons. The van der Waals surface area contributed by atoms with E-state index in [1.54, 1.807) is 12.1 Å². The maximum Gasteiger partial charge on any atom is 0.292 e. The average molecular weight is 266 g/mol. The van der Waals surface area contributed by atoms with E-state index in [1.807, 2.05) is 4.90 Å². The second-order valence-electron chi connectivity index (χ2n) is 4.74. The van der Waals surface area contributed by atoms with Crippen LogP contribution in [0.1, 0.15) is 24.8 Å². The lowest BCUT2D eigenvalue weighted by Gasteiger charge is -2.38. The van der Waals surface area contributed by atoms with Gasteiger partial charge in [0.05, 0.1) is 18.1 Å². The molecule has 0 aliphatic heterocycles.